The number of alkyl carbamates (subject to hydrolysis) is 1. The zero-order valence-corrected chi connectivity index (χ0v) is 20.1. The van der Waals surface area contributed by atoms with Crippen molar-refractivity contribution in [3.05, 3.63) is 95.1 Å². The van der Waals surface area contributed by atoms with Crippen molar-refractivity contribution in [1.82, 2.24) is 10.6 Å². The van der Waals surface area contributed by atoms with Gasteiger partial charge in [-0.1, -0.05) is 66.7 Å². The first-order valence-electron chi connectivity index (χ1n) is 11.9. The maximum Gasteiger partial charge on any atom is 0.416 e. The minimum atomic E-state index is -4.61. The van der Waals surface area contributed by atoms with Crippen LogP contribution in [0.4, 0.5) is 18.0 Å². The number of amides is 2. The molecule has 0 saturated heterocycles. The second kappa shape index (κ2) is 11.4. The lowest BCUT2D eigenvalue weighted by molar-refractivity contribution is -0.139. The molecule has 0 heterocycles. The molecule has 2 amide bonds. The van der Waals surface area contributed by atoms with Gasteiger partial charge in [0.25, 0.3) is 0 Å². The van der Waals surface area contributed by atoms with Crippen molar-refractivity contribution < 1.29 is 37.4 Å². The Morgan fingerprint density at radius 2 is 1.47 bits per heavy atom. The quantitative estimate of drug-likeness (QED) is 0.360. The minimum absolute atomic E-state index is 0.0217. The molecular weight excluding hydrogens is 501 g/mol. The highest BCUT2D eigenvalue weighted by Crippen LogP contribution is 2.44. The van der Waals surface area contributed by atoms with Gasteiger partial charge in [0.1, 0.15) is 12.6 Å². The number of carbonyl (C=O) groups excluding carboxylic acids is 2. The van der Waals surface area contributed by atoms with Crippen LogP contribution in [0.15, 0.2) is 72.8 Å². The van der Waals surface area contributed by atoms with Gasteiger partial charge in [0.15, 0.2) is 0 Å². The van der Waals surface area contributed by atoms with Crippen LogP contribution in [-0.4, -0.2) is 35.7 Å². The standard InChI is InChI=1S/C28H25F3N2O5/c29-28(30,31)23-12-6-1-7-17(23)15-32-26(36)24(13-14-25(34)35)33-27(37)38-16-22-20-10-4-2-8-18(20)19-9-3-5-11-21(19)22/h1-12,22,24H,13-16H2,(H,32,36)(H,33,37)(H,34,35)/t24-/m0/s1. The van der Waals surface area contributed by atoms with E-state index in [9.17, 15) is 27.6 Å². The van der Waals surface area contributed by atoms with E-state index in [-0.39, 0.29) is 24.5 Å². The highest BCUT2D eigenvalue weighted by molar-refractivity contribution is 5.86. The highest BCUT2D eigenvalue weighted by Gasteiger charge is 2.33. The molecule has 3 aromatic carbocycles. The van der Waals surface area contributed by atoms with E-state index >= 15 is 0 Å². The second-order valence-corrected chi connectivity index (χ2v) is 8.83. The number of hydrogen-bond acceptors (Lipinski definition) is 4. The Labute approximate surface area is 216 Å². The van der Waals surface area contributed by atoms with Crippen LogP contribution in [0.1, 0.15) is 41.0 Å². The van der Waals surface area contributed by atoms with Crippen molar-refractivity contribution in [2.24, 2.45) is 0 Å². The molecule has 0 aliphatic heterocycles. The topological polar surface area (TPSA) is 105 Å². The van der Waals surface area contributed by atoms with Crippen molar-refractivity contribution in [2.45, 2.75) is 37.5 Å². The van der Waals surface area contributed by atoms with Gasteiger partial charge in [-0.3, -0.25) is 9.59 Å². The van der Waals surface area contributed by atoms with Crippen LogP contribution in [-0.2, 0) is 27.0 Å². The lowest BCUT2D eigenvalue weighted by Crippen LogP contribution is -2.47. The summed E-state index contributed by atoms with van der Waals surface area (Å²) in [6.45, 7) is -0.476. The number of alkyl halides is 3. The number of nitrogens with one attached hydrogen (secondary N) is 2. The van der Waals surface area contributed by atoms with Gasteiger partial charge >= 0.3 is 18.2 Å². The zero-order chi connectivity index (χ0) is 27.3. The monoisotopic (exact) mass is 526 g/mol. The summed E-state index contributed by atoms with van der Waals surface area (Å²) in [5, 5.41) is 13.8. The summed E-state index contributed by atoms with van der Waals surface area (Å²) < 4.78 is 45.2. The number of carboxylic acids is 1. The fourth-order valence-electron chi connectivity index (χ4n) is 4.58. The average molecular weight is 527 g/mol. The van der Waals surface area contributed by atoms with Gasteiger partial charge in [0.05, 0.1) is 5.56 Å². The molecule has 198 valence electrons. The van der Waals surface area contributed by atoms with Crippen molar-refractivity contribution in [3.63, 3.8) is 0 Å². The Morgan fingerprint density at radius 3 is 2.08 bits per heavy atom. The Bertz CT molecular complexity index is 1300. The summed E-state index contributed by atoms with van der Waals surface area (Å²) in [5.41, 5.74) is 3.00. The largest absolute Gasteiger partial charge is 0.481 e. The van der Waals surface area contributed by atoms with Gasteiger partial charge in [-0.2, -0.15) is 13.2 Å². The van der Waals surface area contributed by atoms with E-state index in [0.29, 0.717) is 0 Å². The normalized spacial score (nSPS) is 13.2. The predicted octanol–water partition coefficient (Wildman–Crippen LogP) is 5.09. The van der Waals surface area contributed by atoms with Crippen LogP contribution in [0.3, 0.4) is 0 Å². The first-order chi connectivity index (χ1) is 18.1. The summed E-state index contributed by atoms with van der Waals surface area (Å²) in [5.74, 6) is -2.24. The van der Waals surface area contributed by atoms with E-state index in [1.54, 1.807) is 0 Å². The Morgan fingerprint density at radius 1 is 0.895 bits per heavy atom. The molecule has 4 rings (SSSR count). The van der Waals surface area contributed by atoms with Crippen LogP contribution in [0.2, 0.25) is 0 Å². The maximum absolute atomic E-state index is 13.3. The number of fused-ring (bicyclic) bond motifs is 3. The third kappa shape index (κ3) is 6.13. The second-order valence-electron chi connectivity index (χ2n) is 8.83. The number of ether oxygens (including phenoxy) is 1. The molecule has 1 aliphatic carbocycles. The molecule has 7 nitrogen and oxygen atoms in total. The summed E-state index contributed by atoms with van der Waals surface area (Å²) in [4.78, 5) is 36.5. The van der Waals surface area contributed by atoms with Crippen LogP contribution in [0.5, 0.6) is 0 Å². The number of carbonyl (C=O) groups is 3. The van der Waals surface area contributed by atoms with Gasteiger partial charge in [-0.15, -0.1) is 0 Å². The summed E-state index contributed by atoms with van der Waals surface area (Å²) in [6, 6.07) is 18.9. The van der Waals surface area contributed by atoms with E-state index in [1.807, 2.05) is 48.5 Å². The molecule has 3 N–H and O–H groups in total. The lowest BCUT2D eigenvalue weighted by Gasteiger charge is -2.20. The van der Waals surface area contributed by atoms with E-state index in [4.69, 9.17) is 9.84 Å². The number of rotatable bonds is 9. The zero-order valence-electron chi connectivity index (χ0n) is 20.1. The minimum Gasteiger partial charge on any atom is -0.481 e. The smallest absolute Gasteiger partial charge is 0.416 e. The third-order valence-corrected chi connectivity index (χ3v) is 6.37. The summed E-state index contributed by atoms with van der Waals surface area (Å²) >= 11 is 0. The predicted molar refractivity (Wildman–Crippen MR) is 132 cm³/mol. The first kappa shape index (κ1) is 26.7. The highest BCUT2D eigenvalue weighted by atomic mass is 19.4. The summed E-state index contributed by atoms with van der Waals surface area (Å²) in [6.07, 6.45) is -6.26. The molecule has 3 aromatic rings. The van der Waals surface area contributed by atoms with Crippen LogP contribution in [0.25, 0.3) is 11.1 Å². The molecule has 0 aromatic heterocycles. The number of hydrogen-bond donors (Lipinski definition) is 3. The SMILES string of the molecule is O=C(O)CC[C@H](NC(=O)OCC1c2ccccc2-c2ccccc21)C(=O)NCc1ccccc1C(F)(F)F. The Kier molecular flexibility index (Phi) is 7.99. The first-order valence-corrected chi connectivity index (χ1v) is 11.9. The molecule has 0 saturated carbocycles. The molecular formula is C28H25F3N2O5. The lowest BCUT2D eigenvalue weighted by atomic mass is 9.98. The van der Waals surface area contributed by atoms with E-state index in [2.05, 4.69) is 10.6 Å². The van der Waals surface area contributed by atoms with Gasteiger partial charge in [-0.25, -0.2) is 4.79 Å². The Balaban J connectivity index is 1.41. The van der Waals surface area contributed by atoms with E-state index in [0.717, 1.165) is 28.3 Å². The van der Waals surface area contributed by atoms with Crippen LogP contribution in [0, 0.1) is 0 Å². The van der Waals surface area contributed by atoms with Crippen molar-refractivity contribution in [3.8, 4) is 11.1 Å². The number of benzene rings is 3. The molecule has 0 fully saturated rings. The van der Waals surface area contributed by atoms with Gasteiger partial charge in [0.2, 0.25) is 5.91 Å². The van der Waals surface area contributed by atoms with Crippen molar-refractivity contribution in [1.29, 1.82) is 0 Å². The molecule has 1 atom stereocenters. The van der Waals surface area contributed by atoms with Gasteiger partial charge in [0, 0.05) is 18.9 Å². The van der Waals surface area contributed by atoms with Crippen LogP contribution < -0.4 is 10.6 Å². The fraction of sp³-hybridized carbons (Fsp3) is 0.250. The average Bonchev–Trinajstić information content (AvgIpc) is 3.21. The molecule has 1 aliphatic rings. The molecule has 0 bridgehead atoms. The maximum atomic E-state index is 13.3. The number of aliphatic carboxylic acids is 1. The molecule has 0 radical (unpaired) electrons. The molecule has 0 spiro atoms. The van der Waals surface area contributed by atoms with E-state index < -0.39 is 48.7 Å². The number of carboxylic acid groups (broad SMARTS) is 1. The molecule has 10 heteroatoms. The van der Waals surface area contributed by atoms with Crippen molar-refractivity contribution >= 4 is 18.0 Å². The Hall–Kier alpha value is -4.34. The van der Waals surface area contributed by atoms with Gasteiger partial charge < -0.3 is 20.5 Å². The molecule has 38 heavy (non-hydrogen) atoms. The fourth-order valence-corrected chi connectivity index (χ4v) is 4.58. The van der Waals surface area contributed by atoms with E-state index in [1.165, 1.54) is 18.2 Å². The van der Waals surface area contributed by atoms with Crippen molar-refractivity contribution in [2.75, 3.05) is 6.61 Å². The van der Waals surface area contributed by atoms with Crippen LogP contribution >= 0.6 is 0 Å². The third-order valence-electron chi connectivity index (χ3n) is 6.37. The van der Waals surface area contributed by atoms with Gasteiger partial charge in [-0.05, 0) is 40.3 Å². The summed E-state index contributed by atoms with van der Waals surface area (Å²) in [7, 11) is 0. The number of halogens is 3. The molecule has 0 unspecified atom stereocenters.